The molecule has 108 valence electrons. The minimum atomic E-state index is -0.253. The Balaban J connectivity index is 2.04. The van der Waals surface area contributed by atoms with Gasteiger partial charge in [0.05, 0.1) is 12.8 Å². The third kappa shape index (κ3) is 2.99. The monoisotopic (exact) mass is 277 g/mol. The van der Waals surface area contributed by atoms with E-state index >= 15 is 0 Å². The fourth-order valence-corrected chi connectivity index (χ4v) is 2.28. The van der Waals surface area contributed by atoms with Gasteiger partial charge < -0.3 is 10.1 Å². The van der Waals surface area contributed by atoms with Gasteiger partial charge in [0.25, 0.3) is 0 Å². The van der Waals surface area contributed by atoms with Gasteiger partial charge >= 0.3 is 0 Å². The first-order valence-electron chi connectivity index (χ1n) is 6.55. The van der Waals surface area contributed by atoms with E-state index in [9.17, 15) is 4.39 Å². The van der Waals surface area contributed by atoms with Crippen molar-refractivity contribution in [3.63, 3.8) is 0 Å². The molecule has 2 rings (SSSR count). The molecule has 1 aromatic heterocycles. The van der Waals surface area contributed by atoms with Gasteiger partial charge in [0.1, 0.15) is 11.6 Å². The molecule has 1 aromatic carbocycles. The summed E-state index contributed by atoms with van der Waals surface area (Å²) in [5.41, 5.74) is 4.15. The van der Waals surface area contributed by atoms with Gasteiger partial charge in [-0.1, -0.05) is 0 Å². The van der Waals surface area contributed by atoms with Crippen LogP contribution in [0.3, 0.4) is 0 Å². The summed E-state index contributed by atoms with van der Waals surface area (Å²) >= 11 is 0. The molecule has 0 radical (unpaired) electrons. The lowest BCUT2D eigenvalue weighted by Crippen LogP contribution is -2.14. The van der Waals surface area contributed by atoms with E-state index in [0.29, 0.717) is 18.8 Å². The van der Waals surface area contributed by atoms with E-state index in [-0.39, 0.29) is 5.82 Å². The molecule has 0 amide bonds. The van der Waals surface area contributed by atoms with E-state index in [2.05, 4.69) is 10.4 Å². The number of hydrogen-bond donors (Lipinski definition) is 1. The second-order valence-electron chi connectivity index (χ2n) is 4.83. The summed E-state index contributed by atoms with van der Waals surface area (Å²) in [6.45, 7) is 5.28. The number of methoxy groups -OCH3 is 1. The normalized spacial score (nSPS) is 10.8. The highest BCUT2D eigenvalue weighted by molar-refractivity contribution is 5.34. The predicted octanol–water partition coefficient (Wildman–Crippen LogP) is 2.47. The molecule has 0 fully saturated rings. The Morgan fingerprint density at radius 3 is 2.65 bits per heavy atom. The maximum absolute atomic E-state index is 13.3. The van der Waals surface area contributed by atoms with Crippen LogP contribution in [0.15, 0.2) is 18.2 Å². The van der Waals surface area contributed by atoms with Gasteiger partial charge in [0, 0.05) is 37.0 Å². The van der Waals surface area contributed by atoms with Crippen molar-refractivity contribution in [3.05, 3.63) is 46.5 Å². The number of halogens is 1. The number of rotatable bonds is 5. The van der Waals surface area contributed by atoms with Crippen LogP contribution in [0.4, 0.5) is 4.39 Å². The smallest absolute Gasteiger partial charge is 0.123 e. The molecule has 1 heterocycles. The molecule has 0 bridgehead atoms. The molecule has 0 spiro atoms. The minimum absolute atomic E-state index is 0.253. The number of aryl methyl sites for hydroxylation is 2. The minimum Gasteiger partial charge on any atom is -0.496 e. The fraction of sp³-hybridized carbons (Fsp3) is 0.400. The quantitative estimate of drug-likeness (QED) is 0.912. The Kier molecular flexibility index (Phi) is 4.39. The number of nitrogens with one attached hydrogen (secondary N) is 1. The number of hydrogen-bond acceptors (Lipinski definition) is 3. The number of benzene rings is 1. The molecule has 1 N–H and O–H groups in total. The van der Waals surface area contributed by atoms with Crippen LogP contribution < -0.4 is 10.1 Å². The topological polar surface area (TPSA) is 39.1 Å². The predicted molar refractivity (Wildman–Crippen MR) is 76.2 cm³/mol. The van der Waals surface area contributed by atoms with Gasteiger partial charge in [0.2, 0.25) is 0 Å². The van der Waals surface area contributed by atoms with Crippen molar-refractivity contribution < 1.29 is 9.13 Å². The Morgan fingerprint density at radius 1 is 1.30 bits per heavy atom. The average molecular weight is 277 g/mol. The maximum atomic E-state index is 13.3. The zero-order valence-corrected chi connectivity index (χ0v) is 12.3. The zero-order chi connectivity index (χ0) is 14.7. The summed E-state index contributed by atoms with van der Waals surface area (Å²) in [6.07, 6.45) is 0. The van der Waals surface area contributed by atoms with Crippen LogP contribution in [-0.2, 0) is 20.1 Å². The second kappa shape index (κ2) is 6.05. The number of aromatic nitrogens is 2. The summed E-state index contributed by atoms with van der Waals surface area (Å²) < 4.78 is 20.4. The van der Waals surface area contributed by atoms with E-state index in [1.807, 2.05) is 25.6 Å². The van der Waals surface area contributed by atoms with E-state index in [4.69, 9.17) is 4.74 Å². The Labute approximate surface area is 118 Å². The van der Waals surface area contributed by atoms with Gasteiger partial charge in [-0.2, -0.15) is 5.10 Å². The fourth-order valence-electron chi connectivity index (χ4n) is 2.28. The standard InChI is InChI=1S/C15H20FN3O/c1-10-14(11(2)19(3)18-10)9-17-8-12-7-13(16)5-6-15(12)20-4/h5-7,17H,8-9H2,1-4H3. The molecule has 0 aliphatic heterocycles. The van der Waals surface area contributed by atoms with Crippen molar-refractivity contribution in [2.24, 2.45) is 7.05 Å². The van der Waals surface area contributed by atoms with Crippen molar-refractivity contribution >= 4 is 0 Å². The molecule has 0 aliphatic carbocycles. The van der Waals surface area contributed by atoms with Gasteiger partial charge in [-0.3, -0.25) is 4.68 Å². The Bertz CT molecular complexity index is 607. The van der Waals surface area contributed by atoms with Crippen LogP contribution in [0.5, 0.6) is 5.75 Å². The van der Waals surface area contributed by atoms with Crippen molar-refractivity contribution in [1.29, 1.82) is 0 Å². The molecule has 0 atom stereocenters. The zero-order valence-electron chi connectivity index (χ0n) is 12.3. The van der Waals surface area contributed by atoms with Crippen molar-refractivity contribution in [1.82, 2.24) is 15.1 Å². The summed E-state index contributed by atoms with van der Waals surface area (Å²) in [5, 5.41) is 7.69. The highest BCUT2D eigenvalue weighted by Gasteiger charge is 2.09. The molecular weight excluding hydrogens is 257 g/mol. The summed E-state index contributed by atoms with van der Waals surface area (Å²) in [7, 11) is 3.52. The second-order valence-corrected chi connectivity index (χ2v) is 4.83. The van der Waals surface area contributed by atoms with Crippen LogP contribution in [0.25, 0.3) is 0 Å². The lowest BCUT2D eigenvalue weighted by atomic mass is 10.1. The van der Waals surface area contributed by atoms with Crippen molar-refractivity contribution in [3.8, 4) is 5.75 Å². The average Bonchev–Trinajstić information content (AvgIpc) is 2.65. The Hall–Kier alpha value is -1.88. The third-order valence-corrected chi connectivity index (χ3v) is 3.52. The van der Waals surface area contributed by atoms with Gasteiger partial charge in [-0.15, -0.1) is 0 Å². The molecule has 2 aromatic rings. The third-order valence-electron chi connectivity index (χ3n) is 3.52. The Morgan fingerprint density at radius 2 is 2.05 bits per heavy atom. The van der Waals surface area contributed by atoms with Crippen LogP contribution in [0, 0.1) is 19.7 Å². The van der Waals surface area contributed by atoms with Gasteiger partial charge in [-0.25, -0.2) is 4.39 Å². The number of nitrogens with zero attached hydrogens (tertiary/aromatic N) is 2. The van der Waals surface area contributed by atoms with Gasteiger partial charge in [-0.05, 0) is 32.0 Å². The SMILES string of the molecule is COc1ccc(F)cc1CNCc1c(C)nn(C)c1C. The molecule has 0 unspecified atom stereocenters. The van der Waals surface area contributed by atoms with E-state index in [0.717, 1.165) is 17.0 Å². The molecule has 0 saturated carbocycles. The molecule has 5 heteroatoms. The van der Waals surface area contributed by atoms with Crippen molar-refractivity contribution in [2.75, 3.05) is 7.11 Å². The molecular formula is C15H20FN3O. The van der Waals surface area contributed by atoms with Crippen LogP contribution in [-0.4, -0.2) is 16.9 Å². The van der Waals surface area contributed by atoms with Crippen LogP contribution in [0.2, 0.25) is 0 Å². The molecule has 0 aliphatic rings. The summed E-state index contributed by atoms with van der Waals surface area (Å²) in [6, 6.07) is 4.54. The lowest BCUT2D eigenvalue weighted by Gasteiger charge is -2.10. The highest BCUT2D eigenvalue weighted by Crippen LogP contribution is 2.19. The molecule has 4 nitrogen and oxygen atoms in total. The largest absolute Gasteiger partial charge is 0.496 e. The van der Waals surface area contributed by atoms with E-state index in [1.165, 1.54) is 17.7 Å². The summed E-state index contributed by atoms with van der Waals surface area (Å²) in [4.78, 5) is 0. The lowest BCUT2D eigenvalue weighted by molar-refractivity contribution is 0.406. The van der Waals surface area contributed by atoms with Crippen molar-refractivity contribution in [2.45, 2.75) is 26.9 Å². The van der Waals surface area contributed by atoms with Gasteiger partial charge in [0.15, 0.2) is 0 Å². The van der Waals surface area contributed by atoms with Crippen LogP contribution >= 0.6 is 0 Å². The maximum Gasteiger partial charge on any atom is 0.123 e. The number of ether oxygens (including phenoxy) is 1. The first-order valence-corrected chi connectivity index (χ1v) is 6.55. The van der Waals surface area contributed by atoms with E-state index < -0.39 is 0 Å². The molecule has 20 heavy (non-hydrogen) atoms. The highest BCUT2D eigenvalue weighted by atomic mass is 19.1. The first-order chi connectivity index (χ1) is 9.52. The molecule has 0 saturated heterocycles. The van der Waals surface area contributed by atoms with Crippen LogP contribution in [0.1, 0.15) is 22.5 Å². The summed E-state index contributed by atoms with van der Waals surface area (Å²) in [5.74, 6) is 0.440. The van der Waals surface area contributed by atoms with E-state index in [1.54, 1.807) is 13.2 Å². The first kappa shape index (κ1) is 14.5.